The average molecular weight is 250 g/mol. The van der Waals surface area contributed by atoms with Gasteiger partial charge in [0.05, 0.1) is 6.61 Å². The van der Waals surface area contributed by atoms with Gasteiger partial charge in [-0.15, -0.1) is 0 Å². The summed E-state index contributed by atoms with van der Waals surface area (Å²) in [6.07, 6.45) is 1.72. The smallest absolute Gasteiger partial charge is 0.126 e. The van der Waals surface area contributed by atoms with Crippen LogP contribution in [0.4, 0.5) is 0 Å². The SMILES string of the molecule is CCc1c(C)c(OCC(C)C)c(CC)c(C)c1O. The molecule has 102 valence electrons. The lowest BCUT2D eigenvalue weighted by Crippen LogP contribution is -2.09. The molecule has 0 fully saturated rings. The van der Waals surface area contributed by atoms with E-state index in [1.165, 1.54) is 0 Å². The van der Waals surface area contributed by atoms with E-state index in [2.05, 4.69) is 27.7 Å². The van der Waals surface area contributed by atoms with Gasteiger partial charge in [-0.2, -0.15) is 0 Å². The molecule has 1 N–H and O–H groups in total. The normalized spacial score (nSPS) is 11.1. The Balaban J connectivity index is 3.32. The van der Waals surface area contributed by atoms with Gasteiger partial charge in [-0.3, -0.25) is 0 Å². The predicted octanol–water partition coefficient (Wildman–Crippen LogP) is 4.17. The van der Waals surface area contributed by atoms with Crippen molar-refractivity contribution in [3.63, 3.8) is 0 Å². The summed E-state index contributed by atoms with van der Waals surface area (Å²) in [5.74, 6) is 1.94. The van der Waals surface area contributed by atoms with Crippen molar-refractivity contribution in [1.82, 2.24) is 0 Å². The molecule has 0 aliphatic rings. The van der Waals surface area contributed by atoms with E-state index in [1.807, 2.05) is 13.8 Å². The molecule has 0 spiro atoms. The van der Waals surface area contributed by atoms with Crippen molar-refractivity contribution >= 4 is 0 Å². The highest BCUT2D eigenvalue weighted by Crippen LogP contribution is 2.38. The first kappa shape index (κ1) is 14.9. The fourth-order valence-corrected chi connectivity index (χ4v) is 2.38. The van der Waals surface area contributed by atoms with Crippen molar-refractivity contribution < 1.29 is 9.84 Å². The molecular formula is C16H26O2. The van der Waals surface area contributed by atoms with Crippen molar-refractivity contribution in [2.75, 3.05) is 6.61 Å². The third-order valence-electron chi connectivity index (χ3n) is 3.43. The average Bonchev–Trinajstić information content (AvgIpc) is 2.32. The van der Waals surface area contributed by atoms with Gasteiger partial charge < -0.3 is 9.84 Å². The second kappa shape index (κ2) is 6.12. The van der Waals surface area contributed by atoms with Crippen LogP contribution in [-0.4, -0.2) is 11.7 Å². The summed E-state index contributed by atoms with van der Waals surface area (Å²) in [5, 5.41) is 10.2. The van der Waals surface area contributed by atoms with Gasteiger partial charge in [-0.25, -0.2) is 0 Å². The van der Waals surface area contributed by atoms with Crippen LogP contribution in [0.25, 0.3) is 0 Å². The summed E-state index contributed by atoms with van der Waals surface area (Å²) < 4.78 is 5.99. The number of rotatable bonds is 5. The topological polar surface area (TPSA) is 29.5 Å². The largest absolute Gasteiger partial charge is 0.507 e. The lowest BCUT2D eigenvalue weighted by molar-refractivity contribution is 0.266. The molecule has 0 unspecified atom stereocenters. The summed E-state index contributed by atoms with van der Waals surface area (Å²) >= 11 is 0. The molecule has 0 aliphatic carbocycles. The fraction of sp³-hybridized carbons (Fsp3) is 0.625. The highest BCUT2D eigenvalue weighted by molar-refractivity contribution is 5.57. The molecule has 1 aromatic rings. The van der Waals surface area contributed by atoms with Crippen molar-refractivity contribution in [2.45, 2.75) is 54.4 Å². The zero-order valence-electron chi connectivity index (χ0n) is 12.6. The number of hydrogen-bond acceptors (Lipinski definition) is 2. The monoisotopic (exact) mass is 250 g/mol. The summed E-state index contributed by atoms with van der Waals surface area (Å²) in [7, 11) is 0. The van der Waals surface area contributed by atoms with Crippen molar-refractivity contribution in [1.29, 1.82) is 0 Å². The van der Waals surface area contributed by atoms with Crippen molar-refractivity contribution in [3.05, 3.63) is 22.3 Å². The number of aromatic hydroxyl groups is 1. The molecule has 0 saturated heterocycles. The van der Waals surface area contributed by atoms with E-state index >= 15 is 0 Å². The molecular weight excluding hydrogens is 224 g/mol. The summed E-state index contributed by atoms with van der Waals surface area (Å²) in [6.45, 7) is 13.2. The van der Waals surface area contributed by atoms with Gasteiger partial charge in [0, 0.05) is 11.1 Å². The van der Waals surface area contributed by atoms with Gasteiger partial charge >= 0.3 is 0 Å². The molecule has 0 heterocycles. The third kappa shape index (κ3) is 2.80. The zero-order chi connectivity index (χ0) is 13.9. The second-order valence-corrected chi connectivity index (χ2v) is 5.30. The number of phenolic OH excluding ortho intramolecular Hbond substituents is 1. The molecule has 0 amide bonds. The maximum absolute atomic E-state index is 10.2. The Morgan fingerprint density at radius 1 is 1.00 bits per heavy atom. The van der Waals surface area contributed by atoms with E-state index in [-0.39, 0.29) is 0 Å². The lowest BCUT2D eigenvalue weighted by Gasteiger charge is -2.21. The van der Waals surface area contributed by atoms with Crippen LogP contribution in [-0.2, 0) is 12.8 Å². The van der Waals surface area contributed by atoms with Gasteiger partial charge in [0.15, 0.2) is 0 Å². The molecule has 2 nitrogen and oxygen atoms in total. The van der Waals surface area contributed by atoms with Crippen LogP contribution in [0.2, 0.25) is 0 Å². The molecule has 0 radical (unpaired) electrons. The third-order valence-corrected chi connectivity index (χ3v) is 3.43. The predicted molar refractivity (Wildman–Crippen MR) is 76.7 cm³/mol. The van der Waals surface area contributed by atoms with Crippen LogP contribution < -0.4 is 4.74 Å². The Morgan fingerprint density at radius 3 is 2.00 bits per heavy atom. The van der Waals surface area contributed by atoms with Crippen LogP contribution >= 0.6 is 0 Å². The van der Waals surface area contributed by atoms with Crippen LogP contribution in [0.5, 0.6) is 11.5 Å². The molecule has 0 aromatic heterocycles. The first-order valence-electron chi connectivity index (χ1n) is 6.90. The standard InChI is InChI=1S/C16H26O2/c1-7-13-12(6)16(18-9-10(3)4)14(8-2)11(5)15(13)17/h10,17H,7-9H2,1-6H3. The first-order valence-corrected chi connectivity index (χ1v) is 6.90. The second-order valence-electron chi connectivity index (χ2n) is 5.30. The summed E-state index contributed by atoms with van der Waals surface area (Å²) in [4.78, 5) is 0. The minimum atomic E-state index is 0.448. The Labute approximate surface area is 111 Å². The molecule has 1 aromatic carbocycles. The van der Waals surface area contributed by atoms with Gasteiger partial charge in [0.2, 0.25) is 0 Å². The van der Waals surface area contributed by atoms with Crippen LogP contribution in [0.3, 0.4) is 0 Å². The minimum absolute atomic E-state index is 0.448. The number of benzene rings is 1. The maximum Gasteiger partial charge on any atom is 0.126 e. The van der Waals surface area contributed by atoms with E-state index in [0.717, 1.165) is 47.5 Å². The van der Waals surface area contributed by atoms with Gasteiger partial charge in [0.1, 0.15) is 11.5 Å². The molecule has 1 rings (SSSR count). The van der Waals surface area contributed by atoms with Crippen molar-refractivity contribution in [2.24, 2.45) is 5.92 Å². The van der Waals surface area contributed by atoms with Crippen molar-refractivity contribution in [3.8, 4) is 11.5 Å². The van der Waals surface area contributed by atoms with Gasteiger partial charge in [0.25, 0.3) is 0 Å². The number of hydrogen-bond donors (Lipinski definition) is 1. The molecule has 2 heteroatoms. The Morgan fingerprint density at radius 2 is 1.56 bits per heavy atom. The highest BCUT2D eigenvalue weighted by atomic mass is 16.5. The lowest BCUT2D eigenvalue weighted by atomic mass is 9.94. The Kier molecular flexibility index (Phi) is 5.06. The fourth-order valence-electron chi connectivity index (χ4n) is 2.38. The minimum Gasteiger partial charge on any atom is -0.507 e. The maximum atomic E-state index is 10.2. The molecule has 0 bridgehead atoms. The van der Waals surface area contributed by atoms with Crippen LogP contribution in [0.1, 0.15) is 49.9 Å². The van der Waals surface area contributed by atoms with Gasteiger partial charge in [-0.1, -0.05) is 27.7 Å². The van der Waals surface area contributed by atoms with E-state index in [9.17, 15) is 5.11 Å². The molecule has 0 aliphatic heterocycles. The highest BCUT2D eigenvalue weighted by Gasteiger charge is 2.18. The first-order chi connectivity index (χ1) is 8.43. The van der Waals surface area contributed by atoms with Gasteiger partial charge in [-0.05, 0) is 43.7 Å². The molecule has 18 heavy (non-hydrogen) atoms. The zero-order valence-corrected chi connectivity index (χ0v) is 12.6. The molecule has 0 saturated carbocycles. The van der Waals surface area contributed by atoms with Crippen LogP contribution in [0, 0.1) is 19.8 Å². The Bertz CT molecular complexity index is 420. The van der Waals surface area contributed by atoms with E-state index in [4.69, 9.17) is 4.74 Å². The summed E-state index contributed by atoms with van der Waals surface area (Å²) in [5.41, 5.74) is 4.23. The molecule has 0 atom stereocenters. The van der Waals surface area contributed by atoms with E-state index in [1.54, 1.807) is 0 Å². The Hall–Kier alpha value is -1.18. The number of ether oxygens (including phenoxy) is 1. The van der Waals surface area contributed by atoms with E-state index < -0.39 is 0 Å². The van der Waals surface area contributed by atoms with E-state index in [0.29, 0.717) is 11.7 Å². The quantitative estimate of drug-likeness (QED) is 0.850. The van der Waals surface area contributed by atoms with Crippen LogP contribution in [0.15, 0.2) is 0 Å². The number of phenols is 1. The summed E-state index contributed by atoms with van der Waals surface area (Å²) in [6, 6.07) is 0.